The van der Waals surface area contributed by atoms with Crippen LogP contribution in [-0.4, -0.2) is 28.7 Å². The summed E-state index contributed by atoms with van der Waals surface area (Å²) in [6.45, 7) is 2.67. The molecular formula is C12H21ClN4O. The average molecular weight is 273 g/mol. The van der Waals surface area contributed by atoms with E-state index in [2.05, 4.69) is 15.5 Å². The number of hydrogen-bond acceptors (Lipinski definition) is 3. The monoisotopic (exact) mass is 272 g/mol. The lowest BCUT2D eigenvalue weighted by atomic mass is 10.0. The van der Waals surface area contributed by atoms with E-state index in [9.17, 15) is 4.79 Å². The molecule has 0 aromatic carbocycles. The number of aromatic nitrogens is 2. The molecule has 5 nitrogen and oxygen atoms in total. The molecule has 0 aliphatic heterocycles. The van der Waals surface area contributed by atoms with Crippen molar-refractivity contribution in [2.45, 2.75) is 38.6 Å². The van der Waals surface area contributed by atoms with Crippen LogP contribution in [-0.2, 0) is 6.42 Å². The highest BCUT2D eigenvalue weighted by molar-refractivity contribution is 5.92. The van der Waals surface area contributed by atoms with E-state index in [-0.39, 0.29) is 24.4 Å². The SMILES string of the molecule is CCc1cc(C(=O)NC2CCCC2CN)n[nH]1.Cl. The van der Waals surface area contributed by atoms with Gasteiger partial charge in [-0.1, -0.05) is 13.3 Å². The van der Waals surface area contributed by atoms with Crippen molar-refractivity contribution in [3.8, 4) is 0 Å². The summed E-state index contributed by atoms with van der Waals surface area (Å²) in [4.78, 5) is 12.0. The molecule has 1 aliphatic carbocycles. The summed E-state index contributed by atoms with van der Waals surface area (Å²) >= 11 is 0. The predicted molar refractivity (Wildman–Crippen MR) is 72.9 cm³/mol. The van der Waals surface area contributed by atoms with Gasteiger partial charge in [-0.15, -0.1) is 12.4 Å². The molecule has 2 atom stereocenters. The van der Waals surface area contributed by atoms with Gasteiger partial charge in [0.1, 0.15) is 5.69 Å². The molecule has 6 heteroatoms. The van der Waals surface area contributed by atoms with Crippen LogP contribution in [0.5, 0.6) is 0 Å². The van der Waals surface area contributed by atoms with E-state index in [1.165, 1.54) is 0 Å². The molecule has 1 amide bonds. The van der Waals surface area contributed by atoms with Crippen LogP contribution in [0.4, 0.5) is 0 Å². The highest BCUT2D eigenvalue weighted by atomic mass is 35.5. The van der Waals surface area contributed by atoms with Gasteiger partial charge in [-0.2, -0.15) is 5.10 Å². The first-order valence-corrected chi connectivity index (χ1v) is 6.29. The minimum absolute atomic E-state index is 0. The zero-order valence-electron chi connectivity index (χ0n) is 10.6. The molecule has 0 spiro atoms. The Kier molecular flexibility index (Phi) is 5.62. The van der Waals surface area contributed by atoms with E-state index in [1.54, 1.807) is 0 Å². The number of nitrogens with one attached hydrogen (secondary N) is 2. The fourth-order valence-corrected chi connectivity index (χ4v) is 2.41. The Hall–Kier alpha value is -1.07. The van der Waals surface area contributed by atoms with E-state index in [4.69, 9.17) is 5.73 Å². The van der Waals surface area contributed by atoms with Gasteiger partial charge < -0.3 is 11.1 Å². The minimum Gasteiger partial charge on any atom is -0.348 e. The van der Waals surface area contributed by atoms with Gasteiger partial charge in [-0.3, -0.25) is 9.89 Å². The molecule has 2 rings (SSSR count). The highest BCUT2D eigenvalue weighted by Crippen LogP contribution is 2.24. The van der Waals surface area contributed by atoms with Gasteiger partial charge in [0.25, 0.3) is 5.91 Å². The fourth-order valence-electron chi connectivity index (χ4n) is 2.41. The number of rotatable bonds is 4. The van der Waals surface area contributed by atoms with Gasteiger partial charge in [0, 0.05) is 11.7 Å². The van der Waals surface area contributed by atoms with E-state index in [0.29, 0.717) is 18.2 Å². The van der Waals surface area contributed by atoms with Gasteiger partial charge in [0.15, 0.2) is 0 Å². The molecule has 4 N–H and O–H groups in total. The predicted octanol–water partition coefficient (Wildman–Crippen LogP) is 1.25. The maximum Gasteiger partial charge on any atom is 0.272 e. The number of amides is 1. The molecule has 1 heterocycles. The van der Waals surface area contributed by atoms with Gasteiger partial charge in [-0.25, -0.2) is 0 Å². The number of nitrogens with zero attached hydrogens (tertiary/aromatic N) is 1. The van der Waals surface area contributed by atoms with Gasteiger partial charge in [0.2, 0.25) is 0 Å². The zero-order chi connectivity index (χ0) is 12.3. The smallest absolute Gasteiger partial charge is 0.272 e. The highest BCUT2D eigenvalue weighted by Gasteiger charge is 2.28. The Morgan fingerprint density at radius 3 is 3.00 bits per heavy atom. The number of halogens is 1. The second kappa shape index (κ2) is 6.75. The summed E-state index contributed by atoms with van der Waals surface area (Å²) in [7, 11) is 0. The first kappa shape index (κ1) is 15.0. The van der Waals surface area contributed by atoms with Crippen molar-refractivity contribution < 1.29 is 4.79 Å². The van der Waals surface area contributed by atoms with Crippen LogP contribution in [0.25, 0.3) is 0 Å². The van der Waals surface area contributed by atoms with Crippen LogP contribution in [0.15, 0.2) is 6.07 Å². The Bertz CT molecular complexity index is 393. The zero-order valence-corrected chi connectivity index (χ0v) is 11.4. The lowest BCUT2D eigenvalue weighted by Gasteiger charge is -2.18. The average Bonchev–Trinajstić information content (AvgIpc) is 2.96. The molecule has 0 radical (unpaired) electrons. The summed E-state index contributed by atoms with van der Waals surface area (Å²) in [6.07, 6.45) is 4.14. The Labute approximate surface area is 113 Å². The summed E-state index contributed by atoms with van der Waals surface area (Å²) < 4.78 is 0. The van der Waals surface area contributed by atoms with Crippen molar-refractivity contribution in [1.82, 2.24) is 15.5 Å². The van der Waals surface area contributed by atoms with Gasteiger partial charge in [-0.05, 0) is 37.8 Å². The van der Waals surface area contributed by atoms with Crippen molar-refractivity contribution in [3.05, 3.63) is 17.5 Å². The number of aryl methyl sites for hydroxylation is 1. The van der Waals surface area contributed by atoms with E-state index >= 15 is 0 Å². The lowest BCUT2D eigenvalue weighted by molar-refractivity contribution is 0.0923. The van der Waals surface area contributed by atoms with Crippen molar-refractivity contribution in [2.75, 3.05) is 6.54 Å². The van der Waals surface area contributed by atoms with Crippen molar-refractivity contribution in [1.29, 1.82) is 0 Å². The van der Waals surface area contributed by atoms with Crippen LogP contribution >= 0.6 is 12.4 Å². The maximum atomic E-state index is 12.0. The number of carbonyl (C=O) groups is 1. The van der Waals surface area contributed by atoms with Gasteiger partial charge in [0.05, 0.1) is 0 Å². The summed E-state index contributed by atoms with van der Waals surface area (Å²) in [5.41, 5.74) is 7.15. The minimum atomic E-state index is -0.0914. The largest absolute Gasteiger partial charge is 0.348 e. The van der Waals surface area contributed by atoms with Crippen LogP contribution in [0.2, 0.25) is 0 Å². The molecule has 1 aliphatic rings. The topological polar surface area (TPSA) is 83.8 Å². The Balaban J connectivity index is 0.00000162. The van der Waals surface area contributed by atoms with Crippen LogP contribution in [0, 0.1) is 5.92 Å². The molecule has 1 saturated carbocycles. The summed E-state index contributed by atoms with van der Waals surface area (Å²) in [5, 5.41) is 9.89. The number of aromatic amines is 1. The second-order valence-electron chi connectivity index (χ2n) is 4.64. The van der Waals surface area contributed by atoms with E-state index < -0.39 is 0 Å². The van der Waals surface area contributed by atoms with E-state index in [1.807, 2.05) is 13.0 Å². The van der Waals surface area contributed by atoms with Gasteiger partial charge >= 0.3 is 0 Å². The Morgan fingerprint density at radius 1 is 1.61 bits per heavy atom. The molecular weight excluding hydrogens is 252 g/mol. The van der Waals surface area contributed by atoms with Crippen molar-refractivity contribution >= 4 is 18.3 Å². The number of hydrogen-bond donors (Lipinski definition) is 3. The van der Waals surface area contributed by atoms with Crippen LogP contribution in [0.3, 0.4) is 0 Å². The molecule has 0 bridgehead atoms. The third-order valence-corrected chi connectivity index (χ3v) is 3.52. The summed E-state index contributed by atoms with van der Waals surface area (Å²) in [5.74, 6) is 0.329. The quantitative estimate of drug-likeness (QED) is 0.771. The first-order chi connectivity index (χ1) is 8.24. The maximum absolute atomic E-state index is 12.0. The van der Waals surface area contributed by atoms with Crippen molar-refractivity contribution in [2.24, 2.45) is 11.7 Å². The number of carbonyl (C=O) groups excluding carboxylic acids is 1. The van der Waals surface area contributed by atoms with E-state index in [0.717, 1.165) is 31.4 Å². The second-order valence-corrected chi connectivity index (χ2v) is 4.64. The molecule has 1 fully saturated rings. The standard InChI is InChI=1S/C12H20N4O.ClH/c1-2-9-6-11(16-15-9)12(17)14-10-5-3-4-8(10)7-13;/h6,8,10H,2-5,7,13H2,1H3,(H,14,17)(H,15,16);1H. The number of nitrogens with two attached hydrogens (primary N) is 1. The van der Waals surface area contributed by atoms with Crippen molar-refractivity contribution in [3.63, 3.8) is 0 Å². The van der Waals surface area contributed by atoms with Crippen LogP contribution < -0.4 is 11.1 Å². The molecule has 102 valence electrons. The molecule has 2 unspecified atom stereocenters. The lowest BCUT2D eigenvalue weighted by Crippen LogP contribution is -2.40. The Morgan fingerprint density at radius 2 is 2.39 bits per heavy atom. The summed E-state index contributed by atoms with van der Waals surface area (Å²) in [6, 6.07) is 2.02. The molecule has 0 saturated heterocycles. The first-order valence-electron chi connectivity index (χ1n) is 6.29. The fraction of sp³-hybridized carbons (Fsp3) is 0.667. The number of H-pyrrole nitrogens is 1. The third kappa shape index (κ3) is 3.23. The third-order valence-electron chi connectivity index (χ3n) is 3.52. The van der Waals surface area contributed by atoms with Crippen LogP contribution in [0.1, 0.15) is 42.4 Å². The molecule has 1 aromatic heterocycles. The molecule has 18 heavy (non-hydrogen) atoms. The molecule has 1 aromatic rings. The normalized spacial score (nSPS) is 22.6.